The lowest BCUT2D eigenvalue weighted by Gasteiger charge is -2.26. The Morgan fingerprint density at radius 2 is 1.97 bits per heavy atom. The summed E-state index contributed by atoms with van der Waals surface area (Å²) in [4.78, 5) is 19.6. The van der Waals surface area contributed by atoms with Gasteiger partial charge in [0.15, 0.2) is 0 Å². The Labute approximate surface area is 185 Å². The third-order valence-electron chi connectivity index (χ3n) is 5.54. The molecule has 1 aliphatic carbocycles. The van der Waals surface area contributed by atoms with Gasteiger partial charge < -0.3 is 4.74 Å². The van der Waals surface area contributed by atoms with Crippen LogP contribution in [0.5, 0.6) is 0 Å². The maximum atomic E-state index is 12.8. The number of fused-ring (bicyclic) bond motifs is 1. The van der Waals surface area contributed by atoms with E-state index < -0.39 is 0 Å². The number of morpholine rings is 1. The normalized spacial score (nSPS) is 16.9. The van der Waals surface area contributed by atoms with Crippen LogP contribution in [0.4, 0.5) is 0 Å². The van der Waals surface area contributed by atoms with E-state index in [0.717, 1.165) is 75.7 Å². The molecule has 2 heterocycles. The average Bonchev–Trinajstić information content (AvgIpc) is 3.20. The predicted molar refractivity (Wildman–Crippen MR) is 118 cm³/mol. The van der Waals surface area contributed by atoms with Gasteiger partial charge >= 0.3 is 5.69 Å². The van der Waals surface area contributed by atoms with Gasteiger partial charge in [0, 0.05) is 53.2 Å². The van der Waals surface area contributed by atoms with Gasteiger partial charge in [0.2, 0.25) is 0 Å². The van der Waals surface area contributed by atoms with Crippen molar-refractivity contribution in [1.82, 2.24) is 14.5 Å². The van der Waals surface area contributed by atoms with Crippen LogP contribution in [-0.2, 0) is 29.9 Å². The fraction of sp³-hybridized carbons (Fsp3) is 0.524. The molecule has 29 heavy (non-hydrogen) atoms. The van der Waals surface area contributed by atoms with Gasteiger partial charge in [-0.25, -0.2) is 4.79 Å². The fourth-order valence-corrected chi connectivity index (χ4v) is 5.63. The van der Waals surface area contributed by atoms with Crippen molar-refractivity contribution in [3.63, 3.8) is 0 Å². The SMILES string of the molecule is O=c1nc(SCc2ccc(Cl)cc2Cl)c2c(n1CCCN1CCOCC1)CCC2. The van der Waals surface area contributed by atoms with Crippen molar-refractivity contribution in [3.8, 4) is 0 Å². The Morgan fingerprint density at radius 3 is 2.76 bits per heavy atom. The number of hydrogen-bond donors (Lipinski definition) is 0. The number of benzene rings is 1. The summed E-state index contributed by atoms with van der Waals surface area (Å²) in [6.07, 6.45) is 3.99. The molecule has 1 aromatic carbocycles. The fourth-order valence-electron chi connectivity index (χ4n) is 4.00. The lowest BCUT2D eigenvalue weighted by Crippen LogP contribution is -2.37. The Kier molecular flexibility index (Phi) is 7.19. The van der Waals surface area contributed by atoms with Crippen LogP contribution in [0.2, 0.25) is 10.0 Å². The Hall–Kier alpha value is -1.05. The van der Waals surface area contributed by atoms with Crippen LogP contribution in [0, 0.1) is 0 Å². The highest BCUT2D eigenvalue weighted by atomic mass is 35.5. The first-order valence-corrected chi connectivity index (χ1v) is 11.9. The topological polar surface area (TPSA) is 47.4 Å². The number of nitrogens with zero attached hydrogens (tertiary/aromatic N) is 3. The number of aromatic nitrogens is 2. The molecule has 1 aromatic heterocycles. The Balaban J connectivity index is 1.45. The molecule has 4 rings (SSSR count). The minimum absolute atomic E-state index is 0.127. The van der Waals surface area contributed by atoms with Gasteiger partial charge in [0.1, 0.15) is 5.03 Å². The maximum absolute atomic E-state index is 12.8. The molecule has 2 aromatic rings. The largest absolute Gasteiger partial charge is 0.379 e. The highest BCUT2D eigenvalue weighted by Crippen LogP contribution is 2.33. The van der Waals surface area contributed by atoms with Crippen molar-refractivity contribution in [2.24, 2.45) is 0 Å². The summed E-state index contributed by atoms with van der Waals surface area (Å²) in [5, 5.41) is 2.14. The zero-order valence-corrected chi connectivity index (χ0v) is 18.7. The number of halogens is 2. The molecule has 2 aliphatic rings. The van der Waals surface area contributed by atoms with Gasteiger partial charge in [-0.2, -0.15) is 4.98 Å². The highest BCUT2D eigenvalue weighted by Gasteiger charge is 2.22. The summed E-state index contributed by atoms with van der Waals surface area (Å²) in [6, 6.07) is 5.53. The highest BCUT2D eigenvalue weighted by molar-refractivity contribution is 7.98. The summed E-state index contributed by atoms with van der Waals surface area (Å²) >= 11 is 13.9. The second-order valence-electron chi connectivity index (χ2n) is 7.46. The van der Waals surface area contributed by atoms with Crippen LogP contribution in [0.1, 0.15) is 29.7 Å². The second kappa shape index (κ2) is 9.84. The van der Waals surface area contributed by atoms with Gasteiger partial charge in [-0.1, -0.05) is 29.3 Å². The van der Waals surface area contributed by atoms with E-state index in [1.165, 1.54) is 11.3 Å². The van der Waals surface area contributed by atoms with E-state index in [0.29, 0.717) is 15.8 Å². The summed E-state index contributed by atoms with van der Waals surface area (Å²) in [5.41, 5.74) is 3.30. The molecule has 0 spiro atoms. The van der Waals surface area contributed by atoms with Crippen LogP contribution in [-0.4, -0.2) is 47.3 Å². The minimum Gasteiger partial charge on any atom is -0.379 e. The van der Waals surface area contributed by atoms with Crippen molar-refractivity contribution >= 4 is 35.0 Å². The molecule has 5 nitrogen and oxygen atoms in total. The second-order valence-corrected chi connectivity index (χ2v) is 9.27. The molecule has 0 amide bonds. The number of hydrogen-bond acceptors (Lipinski definition) is 5. The van der Waals surface area contributed by atoms with E-state index >= 15 is 0 Å². The number of thioether (sulfide) groups is 1. The maximum Gasteiger partial charge on any atom is 0.348 e. The van der Waals surface area contributed by atoms with Crippen LogP contribution in [0.25, 0.3) is 0 Å². The van der Waals surface area contributed by atoms with E-state index in [-0.39, 0.29) is 5.69 Å². The smallest absolute Gasteiger partial charge is 0.348 e. The quantitative estimate of drug-likeness (QED) is 0.467. The first-order chi connectivity index (χ1) is 14.1. The Morgan fingerprint density at radius 1 is 1.14 bits per heavy atom. The summed E-state index contributed by atoms with van der Waals surface area (Å²) in [6.45, 7) is 5.30. The van der Waals surface area contributed by atoms with Crippen molar-refractivity contribution in [2.45, 2.75) is 43.0 Å². The monoisotopic (exact) mass is 453 g/mol. The molecule has 0 unspecified atom stereocenters. The summed E-state index contributed by atoms with van der Waals surface area (Å²) < 4.78 is 7.31. The van der Waals surface area contributed by atoms with Gasteiger partial charge in [-0.05, 0) is 43.4 Å². The minimum atomic E-state index is -0.127. The number of rotatable bonds is 7. The lowest BCUT2D eigenvalue weighted by molar-refractivity contribution is 0.0368. The van der Waals surface area contributed by atoms with Gasteiger partial charge in [0.25, 0.3) is 0 Å². The molecule has 0 saturated carbocycles. The molecule has 0 atom stereocenters. The molecule has 0 radical (unpaired) electrons. The molecule has 1 aliphatic heterocycles. The van der Waals surface area contributed by atoms with E-state index in [9.17, 15) is 4.79 Å². The van der Waals surface area contributed by atoms with Crippen molar-refractivity contribution in [1.29, 1.82) is 0 Å². The van der Waals surface area contributed by atoms with Crippen LogP contribution >= 0.6 is 35.0 Å². The first-order valence-electron chi connectivity index (χ1n) is 10.1. The lowest BCUT2D eigenvalue weighted by atomic mass is 10.2. The first kappa shape index (κ1) is 21.2. The molecule has 0 bridgehead atoms. The molecule has 0 N–H and O–H groups in total. The van der Waals surface area contributed by atoms with Gasteiger partial charge in [-0.3, -0.25) is 9.47 Å². The third kappa shape index (κ3) is 5.17. The van der Waals surface area contributed by atoms with E-state index in [4.69, 9.17) is 27.9 Å². The average molecular weight is 454 g/mol. The Bertz CT molecular complexity index is 929. The summed E-state index contributed by atoms with van der Waals surface area (Å²) in [5.74, 6) is 0.677. The summed E-state index contributed by atoms with van der Waals surface area (Å²) in [7, 11) is 0. The molecule has 1 fully saturated rings. The van der Waals surface area contributed by atoms with Crippen LogP contribution in [0.15, 0.2) is 28.0 Å². The van der Waals surface area contributed by atoms with Gasteiger partial charge in [0.05, 0.1) is 13.2 Å². The van der Waals surface area contributed by atoms with Crippen LogP contribution in [0.3, 0.4) is 0 Å². The zero-order valence-electron chi connectivity index (χ0n) is 16.3. The van der Waals surface area contributed by atoms with Gasteiger partial charge in [-0.15, -0.1) is 11.8 Å². The van der Waals surface area contributed by atoms with E-state index in [1.807, 2.05) is 16.7 Å². The molecule has 1 saturated heterocycles. The van der Waals surface area contributed by atoms with Crippen LogP contribution < -0.4 is 5.69 Å². The molecular formula is C21H25Cl2N3O2S. The van der Waals surface area contributed by atoms with Crippen molar-refractivity contribution < 1.29 is 4.74 Å². The van der Waals surface area contributed by atoms with E-state index in [2.05, 4.69) is 9.88 Å². The predicted octanol–water partition coefficient (Wildman–Crippen LogP) is 4.05. The van der Waals surface area contributed by atoms with Crippen molar-refractivity contribution in [2.75, 3.05) is 32.8 Å². The standard InChI is InChI=1S/C21H25Cl2N3O2S/c22-16-6-5-15(18(23)13-16)14-29-20-17-3-1-4-19(17)26(21(27)24-20)8-2-7-25-9-11-28-12-10-25/h5-6,13H,1-4,7-12,14H2. The number of ether oxygens (including phenoxy) is 1. The molecule has 156 valence electrons. The zero-order chi connectivity index (χ0) is 20.2. The molecular weight excluding hydrogens is 429 g/mol. The molecule has 8 heteroatoms. The third-order valence-corrected chi connectivity index (χ3v) is 7.19. The van der Waals surface area contributed by atoms with E-state index in [1.54, 1.807) is 17.8 Å². The van der Waals surface area contributed by atoms with Crippen molar-refractivity contribution in [3.05, 3.63) is 55.5 Å².